The van der Waals surface area contributed by atoms with E-state index in [1.54, 1.807) is 0 Å². The molecule has 3 aliphatic rings. The maximum absolute atomic E-state index is 12.2. The van der Waals surface area contributed by atoms with E-state index in [2.05, 4.69) is 10.2 Å². The second kappa shape index (κ2) is 3.78. The summed E-state index contributed by atoms with van der Waals surface area (Å²) in [6, 6.07) is 0.520. The minimum absolute atomic E-state index is 0.380. The Kier molecular flexibility index (Phi) is 2.43. The molecule has 1 saturated carbocycles. The molecule has 0 aromatic carbocycles. The normalized spacial score (nSPS) is 36.1. The number of carbonyl (C=O) groups is 1. The number of hydrogen-bond donors (Lipinski definition) is 1. The Balaban J connectivity index is 1.67. The second-order valence-electron chi connectivity index (χ2n) is 5.27. The summed E-state index contributed by atoms with van der Waals surface area (Å²) in [7, 11) is 0. The van der Waals surface area contributed by atoms with Gasteiger partial charge in [-0.1, -0.05) is 6.42 Å². The van der Waals surface area contributed by atoms with E-state index in [9.17, 15) is 4.79 Å². The van der Waals surface area contributed by atoms with Crippen molar-refractivity contribution in [2.45, 2.75) is 38.1 Å². The molecule has 84 valence electrons. The monoisotopic (exact) mass is 208 g/mol. The summed E-state index contributed by atoms with van der Waals surface area (Å²) < 4.78 is 0. The van der Waals surface area contributed by atoms with Crippen LogP contribution in [0.15, 0.2) is 0 Å². The van der Waals surface area contributed by atoms with Gasteiger partial charge in [0.05, 0.1) is 0 Å². The van der Waals surface area contributed by atoms with Crippen molar-refractivity contribution in [2.75, 3.05) is 19.6 Å². The zero-order chi connectivity index (χ0) is 10.3. The Labute approximate surface area is 91.2 Å². The SMILES string of the molecule is O=C(C1CCC1)N1CC[C@@H]2CCNC[C@@H]21. The summed E-state index contributed by atoms with van der Waals surface area (Å²) >= 11 is 0. The average Bonchev–Trinajstić information content (AvgIpc) is 2.58. The van der Waals surface area contributed by atoms with Crippen LogP contribution in [0.4, 0.5) is 0 Å². The van der Waals surface area contributed by atoms with E-state index in [0.29, 0.717) is 17.9 Å². The van der Waals surface area contributed by atoms with Crippen LogP contribution in [0.1, 0.15) is 32.1 Å². The predicted molar refractivity (Wildman–Crippen MR) is 58.4 cm³/mol. The lowest BCUT2D eigenvalue weighted by Gasteiger charge is -2.36. The Bertz CT molecular complexity index is 262. The Morgan fingerprint density at radius 1 is 1.20 bits per heavy atom. The van der Waals surface area contributed by atoms with Gasteiger partial charge in [0, 0.05) is 25.0 Å². The lowest BCUT2D eigenvalue weighted by Crippen LogP contribution is -2.50. The maximum Gasteiger partial charge on any atom is 0.225 e. The number of carbonyl (C=O) groups excluding carboxylic acids is 1. The van der Waals surface area contributed by atoms with Gasteiger partial charge in [-0.3, -0.25) is 4.79 Å². The molecule has 0 aromatic rings. The van der Waals surface area contributed by atoms with Crippen molar-refractivity contribution in [3.63, 3.8) is 0 Å². The molecule has 2 atom stereocenters. The standard InChI is InChI=1S/C12H20N2O/c15-12(10-2-1-3-10)14-7-5-9-4-6-13-8-11(9)14/h9-11,13H,1-8H2/t9-,11-/m0/s1. The fourth-order valence-corrected chi connectivity index (χ4v) is 3.23. The Morgan fingerprint density at radius 3 is 2.80 bits per heavy atom. The lowest BCUT2D eigenvalue weighted by molar-refractivity contribution is -0.139. The van der Waals surface area contributed by atoms with Gasteiger partial charge in [0.1, 0.15) is 0 Å². The number of rotatable bonds is 1. The van der Waals surface area contributed by atoms with Crippen LogP contribution >= 0.6 is 0 Å². The molecule has 2 heterocycles. The Morgan fingerprint density at radius 2 is 2.07 bits per heavy atom. The number of piperidine rings is 1. The zero-order valence-corrected chi connectivity index (χ0v) is 9.24. The van der Waals surface area contributed by atoms with E-state index < -0.39 is 0 Å². The van der Waals surface area contributed by atoms with E-state index >= 15 is 0 Å². The fourth-order valence-electron chi connectivity index (χ4n) is 3.23. The highest BCUT2D eigenvalue weighted by Gasteiger charge is 2.41. The first-order chi connectivity index (χ1) is 7.36. The topological polar surface area (TPSA) is 32.3 Å². The van der Waals surface area contributed by atoms with Gasteiger partial charge in [-0.15, -0.1) is 0 Å². The molecule has 3 heteroatoms. The average molecular weight is 208 g/mol. The zero-order valence-electron chi connectivity index (χ0n) is 9.24. The molecule has 1 aliphatic carbocycles. The summed E-state index contributed by atoms with van der Waals surface area (Å²) in [5, 5.41) is 3.42. The molecule has 0 spiro atoms. The van der Waals surface area contributed by atoms with Gasteiger partial charge in [-0.2, -0.15) is 0 Å². The second-order valence-corrected chi connectivity index (χ2v) is 5.27. The molecule has 1 N–H and O–H groups in total. The molecule has 3 rings (SSSR count). The van der Waals surface area contributed by atoms with E-state index in [0.717, 1.165) is 38.4 Å². The summed E-state index contributed by atoms with van der Waals surface area (Å²) in [6.07, 6.45) is 6.04. The molecule has 3 fully saturated rings. The Hall–Kier alpha value is -0.570. The molecular formula is C12H20N2O. The van der Waals surface area contributed by atoms with Gasteiger partial charge in [-0.05, 0) is 38.1 Å². The first kappa shape index (κ1) is 9.64. The first-order valence-corrected chi connectivity index (χ1v) is 6.37. The highest BCUT2D eigenvalue weighted by Crippen LogP contribution is 2.34. The van der Waals surface area contributed by atoms with Crippen LogP contribution in [-0.2, 0) is 4.79 Å². The van der Waals surface area contributed by atoms with Crippen LogP contribution in [0.5, 0.6) is 0 Å². The molecule has 2 aliphatic heterocycles. The van der Waals surface area contributed by atoms with Crippen LogP contribution in [0.2, 0.25) is 0 Å². The van der Waals surface area contributed by atoms with Crippen molar-refractivity contribution in [1.29, 1.82) is 0 Å². The van der Waals surface area contributed by atoms with Gasteiger partial charge >= 0.3 is 0 Å². The van der Waals surface area contributed by atoms with E-state index in [-0.39, 0.29) is 0 Å². The van der Waals surface area contributed by atoms with Crippen LogP contribution < -0.4 is 5.32 Å². The molecule has 3 nitrogen and oxygen atoms in total. The minimum Gasteiger partial charge on any atom is -0.338 e. The number of hydrogen-bond acceptors (Lipinski definition) is 2. The van der Waals surface area contributed by atoms with Crippen molar-refractivity contribution >= 4 is 5.91 Å². The van der Waals surface area contributed by atoms with Crippen molar-refractivity contribution < 1.29 is 4.79 Å². The minimum atomic E-state index is 0.380. The molecule has 15 heavy (non-hydrogen) atoms. The smallest absolute Gasteiger partial charge is 0.225 e. The van der Waals surface area contributed by atoms with Gasteiger partial charge in [0.25, 0.3) is 0 Å². The van der Waals surface area contributed by atoms with Crippen molar-refractivity contribution in [3.8, 4) is 0 Å². The largest absolute Gasteiger partial charge is 0.338 e. The van der Waals surface area contributed by atoms with Crippen molar-refractivity contribution in [3.05, 3.63) is 0 Å². The van der Waals surface area contributed by atoms with Crippen LogP contribution in [0.3, 0.4) is 0 Å². The molecule has 0 bridgehead atoms. The van der Waals surface area contributed by atoms with Gasteiger partial charge < -0.3 is 10.2 Å². The first-order valence-electron chi connectivity index (χ1n) is 6.37. The lowest BCUT2D eigenvalue weighted by atomic mass is 9.84. The van der Waals surface area contributed by atoms with Crippen LogP contribution in [-0.4, -0.2) is 36.5 Å². The third-order valence-electron chi connectivity index (χ3n) is 4.47. The summed E-state index contributed by atoms with van der Waals surface area (Å²) in [5.41, 5.74) is 0. The summed E-state index contributed by atoms with van der Waals surface area (Å²) in [4.78, 5) is 14.4. The predicted octanol–water partition coefficient (Wildman–Crippen LogP) is 0.997. The molecule has 1 amide bonds. The number of nitrogens with zero attached hydrogens (tertiary/aromatic N) is 1. The van der Waals surface area contributed by atoms with Gasteiger partial charge in [0.2, 0.25) is 5.91 Å². The third kappa shape index (κ3) is 1.57. The number of fused-ring (bicyclic) bond motifs is 1. The van der Waals surface area contributed by atoms with Crippen LogP contribution in [0, 0.1) is 11.8 Å². The van der Waals surface area contributed by atoms with Gasteiger partial charge in [0.15, 0.2) is 0 Å². The van der Waals surface area contributed by atoms with Crippen molar-refractivity contribution in [2.24, 2.45) is 11.8 Å². The molecule has 0 radical (unpaired) electrons. The van der Waals surface area contributed by atoms with E-state index in [4.69, 9.17) is 0 Å². The highest BCUT2D eigenvalue weighted by molar-refractivity contribution is 5.80. The molecule has 0 aromatic heterocycles. The van der Waals surface area contributed by atoms with Crippen molar-refractivity contribution in [1.82, 2.24) is 10.2 Å². The number of likely N-dealkylation sites (tertiary alicyclic amines) is 1. The molecule has 2 saturated heterocycles. The summed E-state index contributed by atoms with van der Waals surface area (Å²) in [6.45, 7) is 3.20. The highest BCUT2D eigenvalue weighted by atomic mass is 16.2. The summed E-state index contributed by atoms with van der Waals surface area (Å²) in [5.74, 6) is 1.62. The fraction of sp³-hybridized carbons (Fsp3) is 0.917. The van der Waals surface area contributed by atoms with Gasteiger partial charge in [-0.25, -0.2) is 0 Å². The van der Waals surface area contributed by atoms with E-state index in [1.807, 2.05) is 0 Å². The molecule has 0 unspecified atom stereocenters. The molecular weight excluding hydrogens is 188 g/mol. The number of amides is 1. The number of nitrogens with one attached hydrogen (secondary N) is 1. The van der Waals surface area contributed by atoms with E-state index in [1.165, 1.54) is 19.3 Å². The maximum atomic E-state index is 12.2. The van der Waals surface area contributed by atoms with Crippen LogP contribution in [0.25, 0.3) is 0 Å². The third-order valence-corrected chi connectivity index (χ3v) is 4.47. The quantitative estimate of drug-likeness (QED) is 0.697.